The first-order valence-corrected chi connectivity index (χ1v) is 7.82. The predicted octanol–water partition coefficient (Wildman–Crippen LogP) is 3.80. The highest BCUT2D eigenvalue weighted by molar-refractivity contribution is 7.08. The molecule has 128 valence electrons. The molecule has 0 atom stereocenters. The van der Waals surface area contributed by atoms with Crippen LogP contribution in [-0.2, 0) is 17.5 Å². The van der Waals surface area contributed by atoms with E-state index in [0.717, 1.165) is 22.6 Å². The number of nitrogens with zero attached hydrogens (tertiary/aromatic N) is 1. The third kappa shape index (κ3) is 4.35. The van der Waals surface area contributed by atoms with E-state index in [1.54, 1.807) is 17.7 Å². The van der Waals surface area contributed by atoms with Crippen LogP contribution in [0.2, 0.25) is 0 Å². The molecule has 1 N–H and O–H groups in total. The van der Waals surface area contributed by atoms with Crippen LogP contribution >= 0.6 is 11.3 Å². The molecule has 0 bridgehead atoms. The average molecular weight is 357 g/mol. The zero-order valence-electron chi connectivity index (χ0n) is 12.6. The number of amides is 1. The fourth-order valence-electron chi connectivity index (χ4n) is 2.13. The maximum Gasteiger partial charge on any atom is 0.416 e. The van der Waals surface area contributed by atoms with Crippen molar-refractivity contribution in [3.63, 3.8) is 0 Å². The predicted molar refractivity (Wildman–Crippen MR) is 82.9 cm³/mol. The van der Waals surface area contributed by atoms with Gasteiger partial charge in [-0.15, -0.1) is 0 Å². The van der Waals surface area contributed by atoms with Crippen molar-refractivity contribution in [2.45, 2.75) is 19.6 Å². The summed E-state index contributed by atoms with van der Waals surface area (Å²) in [6.45, 7) is 1.12. The number of thiophene rings is 1. The summed E-state index contributed by atoms with van der Waals surface area (Å²) in [6.07, 6.45) is -4.44. The number of rotatable bonds is 5. The van der Waals surface area contributed by atoms with E-state index in [9.17, 15) is 22.8 Å². The Morgan fingerprint density at radius 2 is 1.79 bits per heavy atom. The highest BCUT2D eigenvalue weighted by atomic mass is 32.1. The number of hydrogen-bond acceptors (Lipinski definition) is 3. The van der Waals surface area contributed by atoms with Crippen molar-refractivity contribution in [3.8, 4) is 0 Å². The molecule has 0 aliphatic heterocycles. The lowest BCUT2D eigenvalue weighted by molar-refractivity contribution is -0.138. The number of carboxylic acids is 1. The number of carboxylic acid groups (broad SMARTS) is 1. The number of benzene rings is 1. The van der Waals surface area contributed by atoms with E-state index in [1.165, 1.54) is 23.5 Å². The Balaban J connectivity index is 2.21. The quantitative estimate of drug-likeness (QED) is 0.885. The van der Waals surface area contributed by atoms with Crippen molar-refractivity contribution in [3.05, 3.63) is 57.3 Å². The van der Waals surface area contributed by atoms with Gasteiger partial charge in [0.2, 0.25) is 0 Å². The molecule has 8 heteroatoms. The second-order valence-corrected chi connectivity index (χ2v) is 5.96. The minimum absolute atomic E-state index is 0.0848. The van der Waals surface area contributed by atoms with Crippen LogP contribution in [0, 0.1) is 6.92 Å². The molecule has 4 nitrogen and oxygen atoms in total. The molecule has 1 amide bonds. The van der Waals surface area contributed by atoms with Crippen LogP contribution in [0.25, 0.3) is 0 Å². The van der Waals surface area contributed by atoms with Crippen LogP contribution in [0.4, 0.5) is 13.2 Å². The van der Waals surface area contributed by atoms with Gasteiger partial charge in [0.25, 0.3) is 5.91 Å². The van der Waals surface area contributed by atoms with E-state index in [2.05, 4.69) is 0 Å². The maximum atomic E-state index is 12.6. The molecule has 0 unspecified atom stereocenters. The second-order valence-electron chi connectivity index (χ2n) is 5.22. The molecule has 1 heterocycles. The van der Waals surface area contributed by atoms with Crippen LogP contribution in [-0.4, -0.2) is 28.4 Å². The minimum Gasteiger partial charge on any atom is -0.480 e. The minimum atomic E-state index is -4.44. The average Bonchev–Trinajstić information content (AvgIpc) is 2.91. The fraction of sp³-hybridized carbons (Fsp3) is 0.250. The number of carbonyl (C=O) groups is 2. The summed E-state index contributed by atoms with van der Waals surface area (Å²) in [5.74, 6) is -1.65. The maximum absolute atomic E-state index is 12.6. The molecule has 24 heavy (non-hydrogen) atoms. The lowest BCUT2D eigenvalue weighted by atomic mass is 10.1. The van der Waals surface area contributed by atoms with Crippen molar-refractivity contribution in [2.24, 2.45) is 0 Å². The largest absolute Gasteiger partial charge is 0.480 e. The van der Waals surface area contributed by atoms with Gasteiger partial charge >= 0.3 is 12.1 Å². The third-order valence-electron chi connectivity index (χ3n) is 3.35. The fourth-order valence-corrected chi connectivity index (χ4v) is 2.95. The molecule has 0 saturated carbocycles. The van der Waals surface area contributed by atoms with Crippen LogP contribution < -0.4 is 0 Å². The van der Waals surface area contributed by atoms with E-state index in [1.807, 2.05) is 0 Å². The molecule has 2 aromatic rings. The monoisotopic (exact) mass is 357 g/mol. The zero-order chi connectivity index (χ0) is 17.9. The smallest absolute Gasteiger partial charge is 0.416 e. The van der Waals surface area contributed by atoms with Crippen molar-refractivity contribution in [1.82, 2.24) is 4.90 Å². The van der Waals surface area contributed by atoms with Crippen LogP contribution in [0.15, 0.2) is 35.0 Å². The molecule has 0 spiro atoms. The molecule has 0 aliphatic carbocycles. The third-order valence-corrected chi connectivity index (χ3v) is 4.22. The van der Waals surface area contributed by atoms with Gasteiger partial charge in [0.05, 0.1) is 11.1 Å². The Hall–Kier alpha value is -2.35. The SMILES string of the molecule is Cc1cscc1C(=O)N(CC(=O)O)Cc1ccc(C(F)(F)F)cc1. The number of aryl methyl sites for hydroxylation is 1. The molecule has 2 rings (SSSR count). The lowest BCUT2D eigenvalue weighted by Crippen LogP contribution is -2.35. The highest BCUT2D eigenvalue weighted by Gasteiger charge is 2.30. The first-order chi connectivity index (χ1) is 11.2. The molecule has 0 fully saturated rings. The van der Waals surface area contributed by atoms with E-state index < -0.39 is 30.2 Å². The first-order valence-electron chi connectivity index (χ1n) is 6.88. The van der Waals surface area contributed by atoms with Gasteiger partial charge in [-0.1, -0.05) is 12.1 Å². The Kier molecular flexibility index (Phi) is 5.28. The van der Waals surface area contributed by atoms with Gasteiger partial charge in [0.15, 0.2) is 0 Å². The van der Waals surface area contributed by atoms with Crippen molar-refractivity contribution >= 4 is 23.2 Å². The summed E-state index contributed by atoms with van der Waals surface area (Å²) < 4.78 is 37.7. The van der Waals surface area contributed by atoms with Crippen LogP contribution in [0.1, 0.15) is 27.0 Å². The molecule has 0 radical (unpaired) electrons. The summed E-state index contributed by atoms with van der Waals surface area (Å²) in [4.78, 5) is 24.6. The Bertz CT molecular complexity index is 738. The number of aliphatic carboxylic acids is 1. The Morgan fingerprint density at radius 1 is 1.17 bits per heavy atom. The number of hydrogen-bond donors (Lipinski definition) is 1. The summed E-state index contributed by atoms with van der Waals surface area (Å²) in [6, 6.07) is 4.31. The molecular weight excluding hydrogens is 343 g/mol. The van der Waals surface area contributed by atoms with E-state index in [0.29, 0.717) is 11.1 Å². The first kappa shape index (κ1) is 18.0. The topological polar surface area (TPSA) is 57.6 Å². The molecular formula is C16H14F3NO3S. The lowest BCUT2D eigenvalue weighted by Gasteiger charge is -2.21. The standard InChI is InChI=1S/C16H14F3NO3S/c1-10-8-24-9-13(10)15(23)20(7-14(21)22)6-11-2-4-12(5-3-11)16(17,18)19/h2-5,8-9H,6-7H2,1H3,(H,21,22). The number of carbonyl (C=O) groups excluding carboxylic acids is 1. The Labute approximate surface area is 140 Å². The summed E-state index contributed by atoms with van der Waals surface area (Å²) in [7, 11) is 0. The van der Waals surface area contributed by atoms with Gasteiger partial charge in [0, 0.05) is 11.9 Å². The van der Waals surface area contributed by atoms with Crippen LogP contribution in [0.3, 0.4) is 0 Å². The van der Waals surface area contributed by atoms with Gasteiger partial charge in [0.1, 0.15) is 6.54 Å². The zero-order valence-corrected chi connectivity index (χ0v) is 13.4. The summed E-state index contributed by atoms with van der Waals surface area (Å²) >= 11 is 1.32. The van der Waals surface area contributed by atoms with Crippen molar-refractivity contribution in [1.29, 1.82) is 0 Å². The van der Waals surface area contributed by atoms with Gasteiger partial charge < -0.3 is 10.0 Å². The number of alkyl halides is 3. The normalized spacial score (nSPS) is 11.3. The summed E-state index contributed by atoms with van der Waals surface area (Å²) in [5.41, 5.74) is 0.752. The van der Waals surface area contributed by atoms with E-state index >= 15 is 0 Å². The molecule has 0 saturated heterocycles. The van der Waals surface area contributed by atoms with E-state index in [4.69, 9.17) is 5.11 Å². The number of halogens is 3. The highest BCUT2D eigenvalue weighted by Crippen LogP contribution is 2.29. The Morgan fingerprint density at radius 3 is 2.25 bits per heavy atom. The van der Waals surface area contributed by atoms with Gasteiger partial charge in [-0.3, -0.25) is 9.59 Å². The van der Waals surface area contributed by atoms with Crippen molar-refractivity contribution < 1.29 is 27.9 Å². The van der Waals surface area contributed by atoms with Gasteiger partial charge in [-0.2, -0.15) is 24.5 Å². The second kappa shape index (κ2) is 7.04. The molecule has 0 aliphatic rings. The molecule has 1 aromatic heterocycles. The van der Waals surface area contributed by atoms with Crippen molar-refractivity contribution in [2.75, 3.05) is 6.54 Å². The van der Waals surface area contributed by atoms with Gasteiger partial charge in [-0.05, 0) is 35.6 Å². The molecule has 1 aromatic carbocycles. The summed E-state index contributed by atoms with van der Waals surface area (Å²) in [5, 5.41) is 12.4. The van der Waals surface area contributed by atoms with Gasteiger partial charge in [-0.25, -0.2) is 0 Å². The van der Waals surface area contributed by atoms with Crippen LogP contribution in [0.5, 0.6) is 0 Å². The van der Waals surface area contributed by atoms with E-state index in [-0.39, 0.29) is 6.54 Å².